The van der Waals surface area contributed by atoms with Gasteiger partial charge in [0.2, 0.25) is 0 Å². The Balaban J connectivity index is 2.49. The second-order valence-corrected chi connectivity index (χ2v) is 4.35. The molecule has 4 nitrogen and oxygen atoms in total. The van der Waals surface area contributed by atoms with Crippen LogP contribution in [0.1, 0.15) is 39.4 Å². The molecule has 1 unspecified atom stereocenters. The Kier molecular flexibility index (Phi) is 4.75. The minimum atomic E-state index is -0.214. The third-order valence-electron chi connectivity index (χ3n) is 2.41. The standard InChI is InChI=1S/C11H21N3O/c1-4-10(15)5-6-11-12-8-13-14(11)7-9(2)3/h8-10,15H,4-7H2,1-3H3. The first kappa shape index (κ1) is 12.2. The maximum atomic E-state index is 9.47. The van der Waals surface area contributed by atoms with Crippen molar-refractivity contribution >= 4 is 0 Å². The SMILES string of the molecule is CCC(O)CCc1ncnn1CC(C)C. The number of aromatic nitrogens is 3. The fourth-order valence-corrected chi connectivity index (χ4v) is 1.48. The Morgan fingerprint density at radius 3 is 2.80 bits per heavy atom. The van der Waals surface area contributed by atoms with Gasteiger partial charge in [-0.15, -0.1) is 0 Å². The minimum Gasteiger partial charge on any atom is -0.393 e. The Bertz CT molecular complexity index is 283. The van der Waals surface area contributed by atoms with Crippen LogP contribution in [0.5, 0.6) is 0 Å². The van der Waals surface area contributed by atoms with Crippen molar-refractivity contribution in [2.24, 2.45) is 5.92 Å². The Hall–Kier alpha value is -0.900. The van der Waals surface area contributed by atoms with Gasteiger partial charge in [-0.2, -0.15) is 5.10 Å². The molecule has 0 aliphatic heterocycles. The van der Waals surface area contributed by atoms with Crippen LogP contribution in [0.2, 0.25) is 0 Å². The fourth-order valence-electron chi connectivity index (χ4n) is 1.48. The van der Waals surface area contributed by atoms with Gasteiger partial charge in [0.25, 0.3) is 0 Å². The van der Waals surface area contributed by atoms with Gasteiger partial charge in [-0.1, -0.05) is 20.8 Å². The zero-order valence-electron chi connectivity index (χ0n) is 9.85. The van der Waals surface area contributed by atoms with Crippen LogP contribution in [0.25, 0.3) is 0 Å². The third-order valence-corrected chi connectivity index (χ3v) is 2.41. The molecule has 0 aromatic carbocycles. The van der Waals surface area contributed by atoms with E-state index in [1.807, 2.05) is 11.6 Å². The van der Waals surface area contributed by atoms with Crippen molar-refractivity contribution in [3.05, 3.63) is 12.2 Å². The van der Waals surface area contributed by atoms with Crippen LogP contribution in [0.15, 0.2) is 6.33 Å². The largest absolute Gasteiger partial charge is 0.393 e. The average molecular weight is 211 g/mol. The summed E-state index contributed by atoms with van der Waals surface area (Å²) in [5.41, 5.74) is 0. The van der Waals surface area contributed by atoms with Crippen molar-refractivity contribution in [1.29, 1.82) is 0 Å². The zero-order chi connectivity index (χ0) is 11.3. The van der Waals surface area contributed by atoms with Gasteiger partial charge in [-0.05, 0) is 18.8 Å². The molecule has 0 aliphatic carbocycles. The Labute approximate surface area is 91.3 Å². The van der Waals surface area contributed by atoms with E-state index in [1.165, 1.54) is 0 Å². The highest BCUT2D eigenvalue weighted by Crippen LogP contribution is 2.06. The number of aliphatic hydroxyl groups excluding tert-OH is 1. The first-order chi connectivity index (χ1) is 7.13. The van der Waals surface area contributed by atoms with Crippen LogP contribution in [-0.2, 0) is 13.0 Å². The minimum absolute atomic E-state index is 0.214. The quantitative estimate of drug-likeness (QED) is 0.778. The molecule has 1 aromatic heterocycles. The predicted octanol–water partition coefficient (Wildman–Crippen LogP) is 1.64. The van der Waals surface area contributed by atoms with Gasteiger partial charge in [-0.25, -0.2) is 9.67 Å². The molecule has 86 valence electrons. The summed E-state index contributed by atoms with van der Waals surface area (Å²) in [4.78, 5) is 4.22. The van der Waals surface area contributed by atoms with Crippen molar-refractivity contribution < 1.29 is 5.11 Å². The van der Waals surface area contributed by atoms with Gasteiger partial charge in [-0.3, -0.25) is 0 Å². The number of aryl methyl sites for hydroxylation is 1. The molecule has 1 rings (SSSR count). The third kappa shape index (κ3) is 4.00. The highest BCUT2D eigenvalue weighted by atomic mass is 16.3. The van der Waals surface area contributed by atoms with E-state index in [0.29, 0.717) is 5.92 Å². The molecule has 0 saturated carbocycles. The summed E-state index contributed by atoms with van der Waals surface area (Å²) in [6.45, 7) is 7.21. The van der Waals surface area contributed by atoms with Gasteiger partial charge in [0.1, 0.15) is 12.2 Å². The maximum absolute atomic E-state index is 9.47. The molecule has 1 aromatic rings. The summed E-state index contributed by atoms with van der Waals surface area (Å²) in [6.07, 6.45) is 3.76. The van der Waals surface area contributed by atoms with E-state index >= 15 is 0 Å². The summed E-state index contributed by atoms with van der Waals surface area (Å²) < 4.78 is 1.94. The van der Waals surface area contributed by atoms with Crippen LogP contribution < -0.4 is 0 Å². The summed E-state index contributed by atoms with van der Waals surface area (Å²) in [6, 6.07) is 0. The summed E-state index contributed by atoms with van der Waals surface area (Å²) >= 11 is 0. The maximum Gasteiger partial charge on any atom is 0.138 e. The lowest BCUT2D eigenvalue weighted by Crippen LogP contribution is -2.13. The molecule has 4 heteroatoms. The molecule has 0 aliphatic rings. The Morgan fingerprint density at radius 1 is 1.47 bits per heavy atom. The fraction of sp³-hybridized carbons (Fsp3) is 0.818. The van der Waals surface area contributed by atoms with Gasteiger partial charge in [0, 0.05) is 13.0 Å². The molecular weight excluding hydrogens is 190 g/mol. The zero-order valence-corrected chi connectivity index (χ0v) is 9.85. The topological polar surface area (TPSA) is 50.9 Å². The molecule has 0 amide bonds. The van der Waals surface area contributed by atoms with Crippen molar-refractivity contribution in [2.45, 2.75) is 52.7 Å². The van der Waals surface area contributed by atoms with Gasteiger partial charge < -0.3 is 5.11 Å². The van der Waals surface area contributed by atoms with Crippen LogP contribution in [-0.4, -0.2) is 26.0 Å². The van der Waals surface area contributed by atoms with Crippen molar-refractivity contribution in [2.75, 3.05) is 0 Å². The van der Waals surface area contributed by atoms with Crippen molar-refractivity contribution in [3.63, 3.8) is 0 Å². The summed E-state index contributed by atoms with van der Waals surface area (Å²) in [5, 5.41) is 13.7. The van der Waals surface area contributed by atoms with Crippen LogP contribution in [0.3, 0.4) is 0 Å². The smallest absolute Gasteiger partial charge is 0.138 e. The molecule has 1 N–H and O–H groups in total. The highest BCUT2D eigenvalue weighted by molar-refractivity contribution is 4.85. The average Bonchev–Trinajstić information content (AvgIpc) is 2.61. The van der Waals surface area contributed by atoms with Crippen molar-refractivity contribution in [1.82, 2.24) is 14.8 Å². The predicted molar refractivity (Wildman–Crippen MR) is 59.5 cm³/mol. The number of rotatable bonds is 6. The van der Waals surface area contributed by atoms with Crippen molar-refractivity contribution in [3.8, 4) is 0 Å². The molecule has 1 heterocycles. The van der Waals surface area contributed by atoms with Gasteiger partial charge in [0.15, 0.2) is 0 Å². The molecule has 0 fully saturated rings. The van der Waals surface area contributed by atoms with Crippen LogP contribution in [0, 0.1) is 5.92 Å². The van der Waals surface area contributed by atoms with Crippen LogP contribution >= 0.6 is 0 Å². The first-order valence-corrected chi connectivity index (χ1v) is 5.68. The molecule has 0 radical (unpaired) electrons. The molecule has 0 saturated heterocycles. The number of nitrogens with zero attached hydrogens (tertiary/aromatic N) is 3. The van der Waals surface area contributed by atoms with E-state index in [4.69, 9.17) is 0 Å². The first-order valence-electron chi connectivity index (χ1n) is 5.68. The number of hydrogen-bond acceptors (Lipinski definition) is 3. The molecule has 1 atom stereocenters. The van der Waals surface area contributed by atoms with E-state index in [2.05, 4.69) is 23.9 Å². The second-order valence-electron chi connectivity index (χ2n) is 4.35. The lowest BCUT2D eigenvalue weighted by Gasteiger charge is -2.10. The van der Waals surface area contributed by atoms with Crippen LogP contribution in [0.4, 0.5) is 0 Å². The molecule has 0 bridgehead atoms. The van der Waals surface area contributed by atoms with E-state index in [-0.39, 0.29) is 6.10 Å². The van der Waals surface area contributed by atoms with Gasteiger partial charge >= 0.3 is 0 Å². The molecule has 0 spiro atoms. The van der Waals surface area contributed by atoms with E-state index in [9.17, 15) is 5.11 Å². The lowest BCUT2D eigenvalue weighted by atomic mass is 10.1. The second kappa shape index (κ2) is 5.85. The van der Waals surface area contributed by atoms with E-state index < -0.39 is 0 Å². The molecule has 15 heavy (non-hydrogen) atoms. The summed E-state index contributed by atoms with van der Waals surface area (Å²) in [7, 11) is 0. The molecular formula is C11H21N3O. The monoisotopic (exact) mass is 211 g/mol. The van der Waals surface area contributed by atoms with E-state index in [1.54, 1.807) is 6.33 Å². The number of hydrogen-bond donors (Lipinski definition) is 1. The Morgan fingerprint density at radius 2 is 2.20 bits per heavy atom. The highest BCUT2D eigenvalue weighted by Gasteiger charge is 2.08. The normalized spacial score (nSPS) is 13.4. The summed E-state index contributed by atoms with van der Waals surface area (Å²) in [5.74, 6) is 1.55. The van der Waals surface area contributed by atoms with E-state index in [0.717, 1.165) is 31.6 Å². The number of aliphatic hydroxyl groups is 1. The van der Waals surface area contributed by atoms with Gasteiger partial charge in [0.05, 0.1) is 6.10 Å². The lowest BCUT2D eigenvalue weighted by molar-refractivity contribution is 0.159.